The molecule has 2 rings (SSSR count). The van der Waals surface area contributed by atoms with Crippen molar-refractivity contribution in [3.63, 3.8) is 0 Å². The van der Waals surface area contributed by atoms with Crippen molar-refractivity contribution in [1.82, 2.24) is 5.32 Å². The van der Waals surface area contributed by atoms with Crippen LogP contribution in [0.1, 0.15) is 12.8 Å². The fraction of sp³-hybridized carbons (Fsp3) is 0.571. The lowest BCUT2D eigenvalue weighted by Gasteiger charge is -2.00. The average Bonchev–Trinajstić information content (AvgIpc) is 2.59. The van der Waals surface area contributed by atoms with E-state index in [0.717, 1.165) is 5.70 Å². The normalized spacial score (nSPS) is 24.0. The molecule has 1 fully saturated rings. The second-order valence-corrected chi connectivity index (χ2v) is 2.70. The largest absolute Gasteiger partial charge is 0.456 e. The zero-order chi connectivity index (χ0) is 6.97. The lowest BCUT2D eigenvalue weighted by atomic mass is 10.4. The maximum atomic E-state index is 10.5. The number of rotatable bonds is 2. The van der Waals surface area contributed by atoms with Crippen molar-refractivity contribution in [2.75, 3.05) is 6.61 Å². The highest BCUT2D eigenvalue weighted by atomic mass is 16.5. The third-order valence-corrected chi connectivity index (χ3v) is 1.63. The minimum atomic E-state index is -0.219. The number of carbonyl (C=O) groups excluding carboxylic acids is 1. The topological polar surface area (TPSA) is 38.3 Å². The summed E-state index contributed by atoms with van der Waals surface area (Å²) in [4.78, 5) is 10.5. The highest BCUT2D eigenvalue weighted by Crippen LogP contribution is 2.21. The molecular weight excluding hydrogens is 130 g/mol. The van der Waals surface area contributed by atoms with Gasteiger partial charge in [-0.3, -0.25) is 0 Å². The summed E-state index contributed by atoms with van der Waals surface area (Å²) < 4.78 is 4.70. The molecule has 0 unspecified atom stereocenters. The Morgan fingerprint density at radius 2 is 2.40 bits per heavy atom. The molecule has 54 valence electrons. The van der Waals surface area contributed by atoms with E-state index < -0.39 is 0 Å². The molecule has 3 nitrogen and oxygen atoms in total. The molecule has 0 aromatic rings. The smallest absolute Gasteiger partial charge is 0.333 e. The van der Waals surface area contributed by atoms with Gasteiger partial charge in [0.2, 0.25) is 0 Å². The van der Waals surface area contributed by atoms with E-state index in [1.54, 1.807) is 0 Å². The second-order valence-electron chi connectivity index (χ2n) is 2.70. The average molecular weight is 139 g/mol. The summed E-state index contributed by atoms with van der Waals surface area (Å²) in [7, 11) is 0. The first kappa shape index (κ1) is 5.77. The van der Waals surface area contributed by atoms with Gasteiger partial charge >= 0.3 is 5.97 Å². The first-order valence-electron chi connectivity index (χ1n) is 3.48. The highest BCUT2D eigenvalue weighted by molar-refractivity contribution is 5.85. The quantitative estimate of drug-likeness (QED) is 0.554. The fourth-order valence-corrected chi connectivity index (χ4v) is 0.948. The van der Waals surface area contributed by atoms with Crippen LogP contribution in [-0.4, -0.2) is 18.6 Å². The molecule has 0 amide bonds. The van der Waals surface area contributed by atoms with E-state index >= 15 is 0 Å². The van der Waals surface area contributed by atoms with Gasteiger partial charge in [0.1, 0.15) is 6.61 Å². The molecular formula is C7H9NO2. The Hall–Kier alpha value is -0.990. The minimum Gasteiger partial charge on any atom is -0.456 e. The van der Waals surface area contributed by atoms with Crippen LogP contribution in [0.4, 0.5) is 0 Å². The van der Waals surface area contributed by atoms with E-state index in [2.05, 4.69) is 5.32 Å². The Labute approximate surface area is 59.1 Å². The van der Waals surface area contributed by atoms with Crippen molar-refractivity contribution in [2.24, 2.45) is 0 Å². The van der Waals surface area contributed by atoms with Gasteiger partial charge in [0.05, 0.1) is 5.70 Å². The second kappa shape index (κ2) is 2.01. The van der Waals surface area contributed by atoms with Crippen LogP contribution in [0.5, 0.6) is 0 Å². The predicted octanol–water partition coefficient (Wildman–Crippen LogP) is 0.179. The number of hydrogen-bond donors (Lipinski definition) is 1. The van der Waals surface area contributed by atoms with Crippen LogP contribution >= 0.6 is 0 Å². The van der Waals surface area contributed by atoms with Crippen molar-refractivity contribution in [1.29, 1.82) is 0 Å². The fourth-order valence-electron chi connectivity index (χ4n) is 0.948. The van der Waals surface area contributed by atoms with Crippen molar-refractivity contribution in [3.05, 3.63) is 11.8 Å². The maximum Gasteiger partial charge on any atom is 0.333 e. The molecule has 10 heavy (non-hydrogen) atoms. The molecule has 0 bridgehead atoms. The zero-order valence-corrected chi connectivity index (χ0v) is 5.59. The number of esters is 1. The molecule has 1 N–H and O–H groups in total. The Morgan fingerprint density at radius 1 is 1.60 bits per heavy atom. The summed E-state index contributed by atoms with van der Waals surface area (Å²) in [5.74, 6) is -0.219. The van der Waals surface area contributed by atoms with Crippen LogP contribution in [0.25, 0.3) is 0 Å². The summed E-state index contributed by atoms with van der Waals surface area (Å²) in [6, 6.07) is 0.612. The number of hydrogen-bond acceptors (Lipinski definition) is 3. The molecule has 1 aliphatic carbocycles. The first-order valence-corrected chi connectivity index (χ1v) is 3.48. The van der Waals surface area contributed by atoms with E-state index in [-0.39, 0.29) is 5.97 Å². The number of nitrogens with one attached hydrogen (secondary N) is 1. The van der Waals surface area contributed by atoms with E-state index in [4.69, 9.17) is 4.74 Å². The molecule has 0 aromatic carbocycles. The van der Waals surface area contributed by atoms with Crippen molar-refractivity contribution in [3.8, 4) is 0 Å². The third kappa shape index (κ3) is 1.12. The molecule has 1 aliphatic heterocycles. The van der Waals surface area contributed by atoms with Gasteiger partial charge in [0, 0.05) is 12.1 Å². The van der Waals surface area contributed by atoms with Gasteiger partial charge in [-0.05, 0) is 12.8 Å². The molecule has 0 spiro atoms. The lowest BCUT2D eigenvalue weighted by molar-refractivity contribution is -0.134. The van der Waals surface area contributed by atoms with Gasteiger partial charge in [0.15, 0.2) is 0 Å². The maximum absolute atomic E-state index is 10.5. The van der Waals surface area contributed by atoms with Crippen LogP contribution in [0.2, 0.25) is 0 Å². The molecule has 0 radical (unpaired) electrons. The van der Waals surface area contributed by atoms with Gasteiger partial charge < -0.3 is 10.1 Å². The van der Waals surface area contributed by atoms with Crippen molar-refractivity contribution < 1.29 is 9.53 Å². The van der Waals surface area contributed by atoms with Crippen molar-refractivity contribution >= 4 is 5.97 Å². The van der Waals surface area contributed by atoms with Gasteiger partial charge in [0.25, 0.3) is 0 Å². The molecule has 0 atom stereocenters. The Kier molecular flexibility index (Phi) is 1.16. The van der Waals surface area contributed by atoms with E-state index in [9.17, 15) is 4.79 Å². The monoisotopic (exact) mass is 139 g/mol. The van der Waals surface area contributed by atoms with Crippen LogP contribution in [0, 0.1) is 0 Å². The van der Waals surface area contributed by atoms with Crippen molar-refractivity contribution in [2.45, 2.75) is 18.9 Å². The van der Waals surface area contributed by atoms with Crippen LogP contribution in [-0.2, 0) is 9.53 Å². The molecule has 1 heterocycles. The summed E-state index contributed by atoms with van der Waals surface area (Å²) in [6.45, 7) is 0.440. The standard InChI is InChI=1S/C7H9NO2/c9-7-3-6(4-10-7)8-5-1-2-5/h3,5,8H,1-2,4H2. The van der Waals surface area contributed by atoms with E-state index in [0.29, 0.717) is 12.6 Å². The minimum absolute atomic E-state index is 0.219. The van der Waals surface area contributed by atoms with E-state index in [1.165, 1.54) is 18.9 Å². The zero-order valence-electron chi connectivity index (χ0n) is 5.59. The number of carbonyl (C=O) groups is 1. The Balaban J connectivity index is 1.91. The molecule has 0 saturated heterocycles. The SMILES string of the molecule is O=C1C=C(NC2CC2)CO1. The molecule has 2 aliphatic rings. The summed E-state index contributed by atoms with van der Waals surface area (Å²) in [6.07, 6.45) is 3.98. The summed E-state index contributed by atoms with van der Waals surface area (Å²) in [5, 5.41) is 3.20. The third-order valence-electron chi connectivity index (χ3n) is 1.63. The summed E-state index contributed by atoms with van der Waals surface area (Å²) in [5.41, 5.74) is 0.938. The molecule has 0 aromatic heterocycles. The molecule has 3 heteroatoms. The lowest BCUT2D eigenvalue weighted by Crippen LogP contribution is -2.16. The van der Waals surface area contributed by atoms with Gasteiger partial charge in [-0.1, -0.05) is 0 Å². The van der Waals surface area contributed by atoms with Crippen LogP contribution < -0.4 is 5.32 Å². The van der Waals surface area contributed by atoms with Crippen LogP contribution in [0.15, 0.2) is 11.8 Å². The van der Waals surface area contributed by atoms with Crippen LogP contribution in [0.3, 0.4) is 0 Å². The predicted molar refractivity (Wildman–Crippen MR) is 35.2 cm³/mol. The first-order chi connectivity index (χ1) is 4.84. The number of cyclic esters (lactones) is 1. The van der Waals surface area contributed by atoms with Gasteiger partial charge in [-0.25, -0.2) is 4.79 Å². The molecule has 1 saturated carbocycles. The van der Waals surface area contributed by atoms with Gasteiger partial charge in [-0.2, -0.15) is 0 Å². The highest BCUT2D eigenvalue weighted by Gasteiger charge is 2.24. The Morgan fingerprint density at radius 3 is 2.90 bits per heavy atom. The number of ether oxygens (including phenoxy) is 1. The van der Waals surface area contributed by atoms with E-state index in [1.807, 2.05) is 0 Å². The summed E-state index contributed by atoms with van der Waals surface area (Å²) >= 11 is 0. The Bertz CT molecular complexity index is 194. The van der Waals surface area contributed by atoms with Gasteiger partial charge in [-0.15, -0.1) is 0 Å².